The van der Waals surface area contributed by atoms with Crippen LogP contribution in [0.1, 0.15) is 0 Å². The van der Waals surface area contributed by atoms with E-state index in [1.165, 1.54) is 5.39 Å². The molecule has 0 bridgehead atoms. The summed E-state index contributed by atoms with van der Waals surface area (Å²) < 4.78 is 12.7. The first-order chi connectivity index (χ1) is 21.3. The first-order valence-electron chi connectivity index (χ1n) is 14.2. The maximum absolute atomic E-state index is 6.52. The number of benzene rings is 5. The number of furan rings is 2. The van der Waals surface area contributed by atoms with E-state index in [1.807, 2.05) is 48.7 Å². The molecule has 0 N–H and O–H groups in total. The van der Waals surface area contributed by atoms with Gasteiger partial charge in [0.15, 0.2) is 11.2 Å². The van der Waals surface area contributed by atoms with Gasteiger partial charge in [0.1, 0.15) is 22.2 Å². The van der Waals surface area contributed by atoms with E-state index in [1.54, 1.807) is 6.20 Å². The van der Waals surface area contributed by atoms with Gasteiger partial charge in [-0.1, -0.05) is 66.7 Å². The topological polar surface area (TPSA) is 55.3 Å². The normalized spacial score (nSPS) is 11.7. The Bertz CT molecular complexity index is 2480. The summed E-state index contributed by atoms with van der Waals surface area (Å²) in [6.07, 6.45) is 3.66. The van der Waals surface area contributed by atoms with Crippen LogP contribution in [-0.4, -0.2) is 9.97 Å². The monoisotopic (exact) mass is 553 g/mol. The summed E-state index contributed by atoms with van der Waals surface area (Å²) in [5.74, 6) is 0. The molecule has 0 unspecified atom stereocenters. The van der Waals surface area contributed by atoms with Crippen molar-refractivity contribution in [2.24, 2.45) is 0 Å². The van der Waals surface area contributed by atoms with Gasteiger partial charge in [-0.2, -0.15) is 0 Å². The molecule has 5 aromatic carbocycles. The molecule has 5 heteroatoms. The largest absolute Gasteiger partial charge is 0.454 e. The number of pyridine rings is 2. The smallest absolute Gasteiger partial charge is 0.177 e. The molecule has 4 aromatic heterocycles. The molecule has 0 amide bonds. The predicted molar refractivity (Wildman–Crippen MR) is 174 cm³/mol. The van der Waals surface area contributed by atoms with Gasteiger partial charge >= 0.3 is 0 Å². The van der Waals surface area contributed by atoms with Gasteiger partial charge in [0.25, 0.3) is 0 Å². The molecule has 9 aromatic rings. The molecule has 0 radical (unpaired) electrons. The molecule has 9 rings (SSSR count). The Labute approximate surface area is 246 Å². The Morgan fingerprint density at radius 2 is 1.26 bits per heavy atom. The lowest BCUT2D eigenvalue weighted by atomic mass is 9.96. The zero-order chi connectivity index (χ0) is 28.3. The molecule has 0 aliphatic heterocycles. The van der Waals surface area contributed by atoms with Crippen molar-refractivity contribution in [3.05, 3.63) is 140 Å². The van der Waals surface area contributed by atoms with Crippen LogP contribution in [0.5, 0.6) is 0 Å². The summed E-state index contributed by atoms with van der Waals surface area (Å²) in [5.41, 5.74) is 9.95. The minimum Gasteiger partial charge on any atom is -0.454 e. The number of nitrogens with zero attached hydrogens (tertiary/aromatic N) is 3. The molecule has 0 spiro atoms. The van der Waals surface area contributed by atoms with Gasteiger partial charge in [-0.25, -0.2) is 0 Å². The fourth-order valence-corrected chi connectivity index (χ4v) is 6.20. The second-order valence-electron chi connectivity index (χ2n) is 10.7. The van der Waals surface area contributed by atoms with Crippen molar-refractivity contribution in [1.82, 2.24) is 9.97 Å². The first kappa shape index (κ1) is 23.7. The zero-order valence-corrected chi connectivity index (χ0v) is 22.9. The van der Waals surface area contributed by atoms with E-state index in [4.69, 9.17) is 13.8 Å². The average Bonchev–Trinajstić information content (AvgIpc) is 3.64. The van der Waals surface area contributed by atoms with Crippen LogP contribution in [0.25, 0.3) is 66.0 Å². The Morgan fingerprint density at radius 3 is 2.19 bits per heavy atom. The van der Waals surface area contributed by atoms with E-state index in [0.29, 0.717) is 0 Å². The summed E-state index contributed by atoms with van der Waals surface area (Å²) in [6.45, 7) is 0. The van der Waals surface area contributed by atoms with Crippen molar-refractivity contribution in [3.8, 4) is 11.1 Å². The van der Waals surface area contributed by atoms with E-state index >= 15 is 0 Å². The molecule has 0 saturated carbocycles. The van der Waals surface area contributed by atoms with Gasteiger partial charge in [0.05, 0.1) is 5.69 Å². The van der Waals surface area contributed by atoms with E-state index in [9.17, 15) is 0 Å². The molecule has 0 aliphatic carbocycles. The first-order valence-corrected chi connectivity index (χ1v) is 14.2. The van der Waals surface area contributed by atoms with Crippen LogP contribution >= 0.6 is 0 Å². The van der Waals surface area contributed by atoms with Crippen LogP contribution in [0.2, 0.25) is 0 Å². The molecule has 5 nitrogen and oxygen atoms in total. The molecule has 0 atom stereocenters. The SMILES string of the molecule is c1ccc(-c2cc(N(c3ccc4oc5cccnc5c4c3)c3ccnc4c3oc3ccccc34)cc3ccccc23)cc1. The van der Waals surface area contributed by atoms with E-state index in [0.717, 1.165) is 77.7 Å². The van der Waals surface area contributed by atoms with Gasteiger partial charge in [0, 0.05) is 34.5 Å². The Morgan fingerprint density at radius 1 is 0.488 bits per heavy atom. The van der Waals surface area contributed by atoms with Gasteiger partial charge < -0.3 is 13.7 Å². The standard InChI is InChI=1S/C38H23N3O2/c1-2-9-24(10-3-1)30-23-27(21-25-11-4-5-12-28(25)30)41(26-16-17-34-31(22-26)36-35(42-34)15-8-19-39-36)32-18-20-40-37-29-13-6-7-14-33(29)43-38(32)37/h1-23H. The minimum atomic E-state index is 0.730. The molecule has 202 valence electrons. The highest BCUT2D eigenvalue weighted by Crippen LogP contribution is 2.45. The van der Waals surface area contributed by atoms with Crippen LogP contribution in [0.15, 0.2) is 149 Å². The molecular formula is C38H23N3O2. The number of anilines is 3. The number of para-hydroxylation sites is 1. The fraction of sp³-hybridized carbons (Fsp3) is 0. The number of fused-ring (bicyclic) bond motifs is 7. The third-order valence-electron chi connectivity index (χ3n) is 8.14. The van der Waals surface area contributed by atoms with E-state index in [2.05, 4.69) is 94.8 Å². The van der Waals surface area contributed by atoms with Crippen LogP contribution in [0.3, 0.4) is 0 Å². The molecular weight excluding hydrogens is 530 g/mol. The van der Waals surface area contributed by atoms with Gasteiger partial charge in [0.2, 0.25) is 0 Å². The lowest BCUT2D eigenvalue weighted by Crippen LogP contribution is -2.11. The number of hydrogen-bond acceptors (Lipinski definition) is 5. The van der Waals surface area contributed by atoms with Crippen LogP contribution in [0.4, 0.5) is 17.1 Å². The van der Waals surface area contributed by atoms with Crippen molar-refractivity contribution in [2.45, 2.75) is 0 Å². The van der Waals surface area contributed by atoms with Crippen molar-refractivity contribution < 1.29 is 8.83 Å². The fourth-order valence-electron chi connectivity index (χ4n) is 6.20. The maximum atomic E-state index is 6.52. The molecule has 0 aliphatic rings. The van der Waals surface area contributed by atoms with Crippen molar-refractivity contribution in [2.75, 3.05) is 4.90 Å². The molecule has 4 heterocycles. The van der Waals surface area contributed by atoms with Crippen molar-refractivity contribution in [3.63, 3.8) is 0 Å². The van der Waals surface area contributed by atoms with Gasteiger partial charge in [-0.15, -0.1) is 0 Å². The molecule has 0 saturated heterocycles. The van der Waals surface area contributed by atoms with Crippen LogP contribution < -0.4 is 4.90 Å². The highest BCUT2D eigenvalue weighted by atomic mass is 16.3. The second kappa shape index (κ2) is 9.29. The summed E-state index contributed by atoms with van der Waals surface area (Å²) in [7, 11) is 0. The zero-order valence-electron chi connectivity index (χ0n) is 22.9. The molecule has 43 heavy (non-hydrogen) atoms. The molecule has 0 fully saturated rings. The van der Waals surface area contributed by atoms with Crippen molar-refractivity contribution >= 4 is 72.0 Å². The third-order valence-corrected chi connectivity index (χ3v) is 8.14. The van der Waals surface area contributed by atoms with E-state index < -0.39 is 0 Å². The lowest BCUT2D eigenvalue weighted by molar-refractivity contribution is 0.668. The summed E-state index contributed by atoms with van der Waals surface area (Å²) in [4.78, 5) is 11.7. The maximum Gasteiger partial charge on any atom is 0.177 e. The predicted octanol–water partition coefficient (Wildman–Crippen LogP) is 10.6. The summed E-state index contributed by atoms with van der Waals surface area (Å²) in [5, 5.41) is 4.29. The quantitative estimate of drug-likeness (QED) is 0.217. The average molecular weight is 554 g/mol. The second-order valence-corrected chi connectivity index (χ2v) is 10.7. The lowest BCUT2D eigenvalue weighted by Gasteiger charge is -2.26. The number of rotatable bonds is 4. The van der Waals surface area contributed by atoms with Gasteiger partial charge in [-0.3, -0.25) is 9.97 Å². The minimum absolute atomic E-state index is 0.730. The third kappa shape index (κ3) is 3.72. The Balaban J connectivity index is 1.37. The Kier molecular flexibility index (Phi) is 5.13. The Hall–Kier alpha value is -5.94. The summed E-state index contributed by atoms with van der Waals surface area (Å²) in [6, 6.07) is 43.8. The van der Waals surface area contributed by atoms with Crippen LogP contribution in [0, 0.1) is 0 Å². The number of hydrogen-bond donors (Lipinski definition) is 0. The summed E-state index contributed by atoms with van der Waals surface area (Å²) >= 11 is 0. The van der Waals surface area contributed by atoms with Crippen LogP contribution in [-0.2, 0) is 0 Å². The van der Waals surface area contributed by atoms with Gasteiger partial charge in [-0.05, 0) is 82.6 Å². The van der Waals surface area contributed by atoms with Crippen molar-refractivity contribution in [1.29, 1.82) is 0 Å². The van der Waals surface area contributed by atoms with E-state index in [-0.39, 0.29) is 0 Å². The number of aromatic nitrogens is 2. The highest BCUT2D eigenvalue weighted by Gasteiger charge is 2.22. The highest BCUT2D eigenvalue weighted by molar-refractivity contribution is 6.10.